The van der Waals surface area contributed by atoms with E-state index in [-0.39, 0.29) is 27.9 Å². The van der Waals surface area contributed by atoms with Gasteiger partial charge in [0.15, 0.2) is 0 Å². The molecule has 0 spiro atoms. The van der Waals surface area contributed by atoms with Crippen molar-refractivity contribution in [1.29, 1.82) is 0 Å². The molecule has 0 atom stereocenters. The summed E-state index contributed by atoms with van der Waals surface area (Å²) in [6, 6.07) is 14.1. The first-order valence-corrected chi connectivity index (χ1v) is 10.8. The van der Waals surface area contributed by atoms with Crippen molar-refractivity contribution in [1.82, 2.24) is 4.90 Å². The summed E-state index contributed by atoms with van der Waals surface area (Å²) in [5.41, 5.74) is 0.603. The van der Waals surface area contributed by atoms with Crippen LogP contribution >= 0.6 is 11.6 Å². The van der Waals surface area contributed by atoms with Crippen molar-refractivity contribution in [3.05, 3.63) is 77.2 Å². The van der Waals surface area contributed by atoms with Crippen LogP contribution in [0.15, 0.2) is 70.2 Å². The van der Waals surface area contributed by atoms with Crippen molar-refractivity contribution in [3.8, 4) is 5.75 Å². The molecule has 0 aliphatic rings. The molecule has 0 fully saturated rings. The Bertz CT molecular complexity index is 1130. The minimum atomic E-state index is -3.81. The minimum absolute atomic E-state index is 0.111. The van der Waals surface area contributed by atoms with E-state index in [9.17, 15) is 13.2 Å². The van der Waals surface area contributed by atoms with Gasteiger partial charge in [0.1, 0.15) is 11.5 Å². The molecular formula is C21H21ClN2O5S. The molecule has 158 valence electrons. The number of nitrogens with zero attached hydrogens (tertiary/aromatic N) is 2. The van der Waals surface area contributed by atoms with Gasteiger partial charge in [0.05, 0.1) is 41.1 Å². The van der Waals surface area contributed by atoms with Crippen molar-refractivity contribution in [3.63, 3.8) is 0 Å². The highest BCUT2D eigenvalue weighted by Crippen LogP contribution is 2.28. The molecule has 0 aliphatic heterocycles. The molecule has 3 rings (SSSR count). The Morgan fingerprint density at radius 3 is 2.37 bits per heavy atom. The largest absolute Gasteiger partial charge is 0.497 e. The first kappa shape index (κ1) is 21.7. The maximum atomic E-state index is 12.9. The van der Waals surface area contributed by atoms with Crippen molar-refractivity contribution < 1.29 is 22.4 Å². The van der Waals surface area contributed by atoms with Gasteiger partial charge < -0.3 is 14.1 Å². The smallest absolute Gasteiger partial charge is 0.264 e. The Morgan fingerprint density at radius 1 is 1.10 bits per heavy atom. The summed E-state index contributed by atoms with van der Waals surface area (Å²) >= 11 is 6.32. The molecule has 1 aromatic heterocycles. The van der Waals surface area contributed by atoms with E-state index in [1.165, 1.54) is 49.6 Å². The molecule has 7 nitrogen and oxygen atoms in total. The van der Waals surface area contributed by atoms with Gasteiger partial charge in [-0.25, -0.2) is 8.42 Å². The third kappa shape index (κ3) is 4.44. The van der Waals surface area contributed by atoms with Gasteiger partial charge in [0.2, 0.25) is 0 Å². The summed E-state index contributed by atoms with van der Waals surface area (Å²) in [5, 5.41) is 0.153. The van der Waals surface area contributed by atoms with Gasteiger partial charge >= 0.3 is 0 Å². The lowest BCUT2D eigenvalue weighted by Gasteiger charge is -2.21. The molecule has 0 radical (unpaired) electrons. The molecule has 0 unspecified atom stereocenters. The van der Waals surface area contributed by atoms with Crippen molar-refractivity contribution in [2.75, 3.05) is 25.5 Å². The maximum absolute atomic E-state index is 12.9. The van der Waals surface area contributed by atoms with E-state index in [1.807, 2.05) is 0 Å². The van der Waals surface area contributed by atoms with Crippen molar-refractivity contribution in [2.45, 2.75) is 11.4 Å². The number of benzene rings is 2. The summed E-state index contributed by atoms with van der Waals surface area (Å²) in [6.45, 7) is 0.287. The number of hydrogen-bond donors (Lipinski definition) is 0. The number of anilines is 1. The quantitative estimate of drug-likeness (QED) is 0.545. The summed E-state index contributed by atoms with van der Waals surface area (Å²) < 4.78 is 37.2. The zero-order valence-corrected chi connectivity index (χ0v) is 18.3. The Balaban J connectivity index is 1.81. The van der Waals surface area contributed by atoms with E-state index >= 15 is 0 Å². The predicted molar refractivity (Wildman–Crippen MR) is 115 cm³/mol. The molecule has 2 aromatic carbocycles. The molecule has 3 aromatic rings. The number of ether oxygens (including phenoxy) is 1. The number of rotatable bonds is 7. The van der Waals surface area contributed by atoms with Crippen LogP contribution in [0.4, 0.5) is 5.69 Å². The molecule has 0 saturated heterocycles. The number of methoxy groups -OCH3 is 1. The van der Waals surface area contributed by atoms with E-state index in [2.05, 4.69) is 0 Å². The van der Waals surface area contributed by atoms with Crippen molar-refractivity contribution >= 4 is 33.2 Å². The highest BCUT2D eigenvalue weighted by atomic mass is 35.5. The van der Waals surface area contributed by atoms with Crippen LogP contribution < -0.4 is 9.04 Å². The third-order valence-corrected chi connectivity index (χ3v) is 6.70. The fraction of sp³-hybridized carbons (Fsp3) is 0.190. The summed E-state index contributed by atoms with van der Waals surface area (Å²) in [6.07, 6.45) is 1.54. The first-order chi connectivity index (χ1) is 14.2. The first-order valence-electron chi connectivity index (χ1n) is 8.94. The normalized spacial score (nSPS) is 11.2. The monoisotopic (exact) mass is 448 g/mol. The second-order valence-corrected chi connectivity index (χ2v) is 8.93. The number of carbonyl (C=O) groups excluding carboxylic acids is 1. The number of sulfonamides is 1. The molecule has 0 saturated carbocycles. The highest BCUT2D eigenvalue weighted by Gasteiger charge is 2.23. The zero-order chi connectivity index (χ0) is 21.9. The zero-order valence-electron chi connectivity index (χ0n) is 16.7. The van der Waals surface area contributed by atoms with E-state index in [0.29, 0.717) is 17.2 Å². The standard InChI is InChI=1S/C21H21ClN2O5S/c1-23(14-17-5-4-12-29-17)21(25)19-11-6-15(13-20(19)22)24(2)30(26,27)18-9-7-16(28-3)8-10-18/h4-13H,14H2,1-3H3. The van der Waals surface area contributed by atoms with Crippen LogP contribution in [0.25, 0.3) is 0 Å². The number of hydrogen-bond acceptors (Lipinski definition) is 5. The van der Waals surface area contributed by atoms with E-state index < -0.39 is 10.0 Å². The second kappa shape index (κ2) is 8.81. The molecule has 9 heteroatoms. The van der Waals surface area contributed by atoms with E-state index in [1.54, 1.807) is 37.4 Å². The number of halogens is 1. The molecule has 0 bridgehead atoms. The lowest BCUT2D eigenvalue weighted by atomic mass is 10.1. The third-order valence-electron chi connectivity index (χ3n) is 4.58. The van der Waals surface area contributed by atoms with Crippen LogP contribution in [0.3, 0.4) is 0 Å². The van der Waals surface area contributed by atoms with Gasteiger partial charge in [-0.05, 0) is 54.6 Å². The Morgan fingerprint density at radius 2 is 1.80 bits per heavy atom. The molecule has 0 N–H and O–H groups in total. The minimum Gasteiger partial charge on any atom is -0.497 e. The molecule has 1 heterocycles. The lowest BCUT2D eigenvalue weighted by Crippen LogP contribution is -2.28. The Hall–Kier alpha value is -2.97. The van der Waals surface area contributed by atoms with Crippen LogP contribution in [0, 0.1) is 0 Å². The van der Waals surface area contributed by atoms with Crippen LogP contribution in [0.1, 0.15) is 16.1 Å². The molecule has 1 amide bonds. The van der Waals surface area contributed by atoms with Gasteiger partial charge in [-0.3, -0.25) is 9.10 Å². The fourth-order valence-corrected chi connectivity index (χ4v) is 4.27. The molecule has 0 aliphatic carbocycles. The molecular weight excluding hydrogens is 428 g/mol. The Labute approximate surface area is 180 Å². The summed E-state index contributed by atoms with van der Waals surface area (Å²) in [5.74, 6) is 0.897. The van der Waals surface area contributed by atoms with Gasteiger partial charge in [0.25, 0.3) is 15.9 Å². The summed E-state index contributed by atoms with van der Waals surface area (Å²) in [4.78, 5) is 14.3. The van der Waals surface area contributed by atoms with E-state index in [0.717, 1.165) is 4.31 Å². The predicted octanol–water partition coefficient (Wildman–Crippen LogP) is 4.04. The maximum Gasteiger partial charge on any atom is 0.264 e. The summed E-state index contributed by atoms with van der Waals surface area (Å²) in [7, 11) is 0.761. The van der Waals surface area contributed by atoms with Crippen LogP contribution in [0.2, 0.25) is 5.02 Å². The topological polar surface area (TPSA) is 80.1 Å². The van der Waals surface area contributed by atoms with Crippen molar-refractivity contribution in [2.24, 2.45) is 0 Å². The van der Waals surface area contributed by atoms with Gasteiger partial charge in [0, 0.05) is 14.1 Å². The number of furan rings is 1. The van der Waals surface area contributed by atoms with Crippen LogP contribution in [-0.2, 0) is 16.6 Å². The number of carbonyl (C=O) groups is 1. The Kier molecular flexibility index (Phi) is 6.38. The number of amides is 1. The van der Waals surface area contributed by atoms with Crippen LogP contribution in [0.5, 0.6) is 5.75 Å². The average molecular weight is 449 g/mol. The average Bonchev–Trinajstić information content (AvgIpc) is 3.25. The highest BCUT2D eigenvalue weighted by molar-refractivity contribution is 7.92. The van der Waals surface area contributed by atoms with Crippen LogP contribution in [-0.4, -0.2) is 40.4 Å². The SMILES string of the molecule is COc1ccc(S(=O)(=O)N(C)c2ccc(C(=O)N(C)Cc3ccco3)c(Cl)c2)cc1. The molecule has 30 heavy (non-hydrogen) atoms. The van der Waals surface area contributed by atoms with E-state index in [4.69, 9.17) is 20.8 Å². The second-order valence-electron chi connectivity index (χ2n) is 6.55. The lowest BCUT2D eigenvalue weighted by molar-refractivity contribution is 0.0775. The fourth-order valence-electron chi connectivity index (χ4n) is 2.83. The van der Waals surface area contributed by atoms with Gasteiger partial charge in [-0.1, -0.05) is 11.6 Å². The van der Waals surface area contributed by atoms with Gasteiger partial charge in [-0.15, -0.1) is 0 Å². The van der Waals surface area contributed by atoms with Gasteiger partial charge in [-0.2, -0.15) is 0 Å².